The van der Waals surface area contributed by atoms with Gasteiger partial charge in [0.15, 0.2) is 0 Å². The fourth-order valence-electron chi connectivity index (χ4n) is 1.52. The van der Waals surface area contributed by atoms with Crippen molar-refractivity contribution in [3.63, 3.8) is 0 Å². The summed E-state index contributed by atoms with van der Waals surface area (Å²) in [6.07, 6.45) is 2.83. The molecule has 2 aromatic rings. The summed E-state index contributed by atoms with van der Waals surface area (Å²) in [6, 6.07) is 6.41. The molecule has 0 saturated carbocycles. The first-order chi connectivity index (χ1) is 9.52. The fourth-order valence-corrected chi connectivity index (χ4v) is 1.52. The van der Waals surface area contributed by atoms with Crippen LogP contribution in [-0.4, -0.2) is 39.7 Å². The number of amides is 1. The van der Waals surface area contributed by atoms with E-state index in [9.17, 15) is 13.6 Å². The molecule has 122 valence electrons. The first-order valence-electron chi connectivity index (χ1n) is 5.83. The van der Waals surface area contributed by atoms with E-state index in [1.165, 1.54) is 29.5 Å². The van der Waals surface area contributed by atoms with E-state index in [0.29, 0.717) is 5.69 Å². The highest BCUT2D eigenvalue weighted by Gasteiger charge is 2.27. The monoisotopic (exact) mass is 353 g/mol. The Morgan fingerprint density at radius 3 is 2.68 bits per heavy atom. The summed E-state index contributed by atoms with van der Waals surface area (Å²) in [6.45, 7) is -1.61. The third-order valence-corrected chi connectivity index (χ3v) is 2.60. The molecule has 10 heteroatoms. The second-order valence-corrected chi connectivity index (χ2v) is 4.13. The molecule has 1 aromatic carbocycles. The molecule has 0 unspecified atom stereocenters. The SMILES string of the molecule is Cl.Cl.NCC(F)(F)CNC(=O)c1cccc(-n2cncn2)c1. The number of nitrogens with two attached hydrogens (primary N) is 1. The topological polar surface area (TPSA) is 85.8 Å². The first kappa shape index (κ1) is 20.2. The molecule has 1 heterocycles. The van der Waals surface area contributed by atoms with Crippen LogP contribution in [0, 0.1) is 0 Å². The number of aromatic nitrogens is 3. The Kier molecular flexibility index (Phi) is 7.93. The number of alkyl halides is 2. The van der Waals surface area contributed by atoms with E-state index in [4.69, 9.17) is 5.73 Å². The molecular formula is C12H15Cl2F2N5O. The summed E-state index contributed by atoms with van der Waals surface area (Å²) < 4.78 is 27.4. The molecule has 0 fully saturated rings. The van der Waals surface area contributed by atoms with Gasteiger partial charge in [0, 0.05) is 5.56 Å². The van der Waals surface area contributed by atoms with Gasteiger partial charge in [-0.3, -0.25) is 4.79 Å². The van der Waals surface area contributed by atoms with Crippen molar-refractivity contribution in [1.29, 1.82) is 0 Å². The van der Waals surface area contributed by atoms with Crippen LogP contribution in [0.1, 0.15) is 10.4 Å². The second-order valence-electron chi connectivity index (χ2n) is 4.13. The number of nitrogens with one attached hydrogen (secondary N) is 1. The lowest BCUT2D eigenvalue weighted by molar-refractivity contribution is 0.0118. The lowest BCUT2D eigenvalue weighted by Crippen LogP contribution is -2.41. The van der Waals surface area contributed by atoms with Crippen LogP contribution in [0.5, 0.6) is 0 Å². The maximum atomic E-state index is 13.0. The molecule has 3 N–H and O–H groups in total. The quantitative estimate of drug-likeness (QED) is 0.851. The molecule has 2 rings (SSSR count). The standard InChI is InChI=1S/C12H13F2N5O.2ClH/c13-12(14,5-15)6-17-11(20)9-2-1-3-10(4-9)19-8-16-7-18-19;;/h1-4,7-8H,5-6,15H2,(H,17,20);2*1H. The van der Waals surface area contributed by atoms with Crippen molar-refractivity contribution in [3.8, 4) is 5.69 Å². The van der Waals surface area contributed by atoms with Crippen LogP contribution >= 0.6 is 24.8 Å². The van der Waals surface area contributed by atoms with E-state index >= 15 is 0 Å². The molecule has 0 saturated heterocycles. The number of carbonyl (C=O) groups excluding carboxylic acids is 1. The summed E-state index contributed by atoms with van der Waals surface area (Å²) in [5.41, 5.74) is 5.77. The molecule has 0 aliphatic rings. The molecule has 0 radical (unpaired) electrons. The van der Waals surface area contributed by atoms with Gasteiger partial charge in [0.25, 0.3) is 11.8 Å². The zero-order valence-electron chi connectivity index (χ0n) is 11.3. The third-order valence-electron chi connectivity index (χ3n) is 2.60. The number of halogens is 4. The van der Waals surface area contributed by atoms with E-state index in [0.717, 1.165) is 0 Å². The fraction of sp³-hybridized carbons (Fsp3) is 0.250. The highest BCUT2D eigenvalue weighted by atomic mass is 35.5. The van der Waals surface area contributed by atoms with Gasteiger partial charge in [-0.15, -0.1) is 24.8 Å². The zero-order valence-corrected chi connectivity index (χ0v) is 12.9. The zero-order chi connectivity index (χ0) is 14.6. The number of hydrogen-bond donors (Lipinski definition) is 2. The van der Waals surface area contributed by atoms with E-state index in [1.54, 1.807) is 12.1 Å². The van der Waals surface area contributed by atoms with Crippen LogP contribution in [0.15, 0.2) is 36.9 Å². The van der Waals surface area contributed by atoms with Gasteiger partial charge in [-0.25, -0.2) is 18.4 Å². The lowest BCUT2D eigenvalue weighted by atomic mass is 10.2. The molecule has 0 spiro atoms. The van der Waals surface area contributed by atoms with E-state index in [-0.39, 0.29) is 30.4 Å². The highest BCUT2D eigenvalue weighted by Crippen LogP contribution is 2.11. The minimum absolute atomic E-state index is 0. The molecule has 0 aliphatic carbocycles. The molecule has 1 amide bonds. The van der Waals surface area contributed by atoms with Gasteiger partial charge in [0.1, 0.15) is 12.7 Å². The highest BCUT2D eigenvalue weighted by molar-refractivity contribution is 5.94. The Balaban J connectivity index is 0.00000220. The number of rotatable bonds is 5. The minimum Gasteiger partial charge on any atom is -0.346 e. The Morgan fingerprint density at radius 1 is 1.36 bits per heavy atom. The van der Waals surface area contributed by atoms with Gasteiger partial charge in [-0.2, -0.15) is 5.10 Å². The number of carbonyl (C=O) groups is 1. The molecule has 22 heavy (non-hydrogen) atoms. The van der Waals surface area contributed by atoms with Gasteiger partial charge >= 0.3 is 0 Å². The van der Waals surface area contributed by atoms with E-state index in [2.05, 4.69) is 15.4 Å². The predicted molar refractivity (Wildman–Crippen MR) is 82.2 cm³/mol. The van der Waals surface area contributed by atoms with Gasteiger partial charge in [-0.1, -0.05) is 6.07 Å². The Labute approximate surface area is 137 Å². The molecule has 0 aliphatic heterocycles. The second kappa shape index (κ2) is 8.62. The summed E-state index contributed by atoms with van der Waals surface area (Å²) in [5.74, 6) is -3.71. The van der Waals surface area contributed by atoms with Crippen LogP contribution < -0.4 is 11.1 Å². The van der Waals surface area contributed by atoms with E-state index in [1.807, 2.05) is 0 Å². The molecule has 0 atom stereocenters. The van der Waals surface area contributed by atoms with Gasteiger partial charge < -0.3 is 11.1 Å². The average Bonchev–Trinajstić information content (AvgIpc) is 2.99. The summed E-state index contributed by atoms with van der Waals surface area (Å²) in [4.78, 5) is 15.6. The van der Waals surface area contributed by atoms with Crippen molar-refractivity contribution in [2.24, 2.45) is 5.73 Å². The molecule has 6 nitrogen and oxygen atoms in total. The molecular weight excluding hydrogens is 339 g/mol. The number of hydrogen-bond acceptors (Lipinski definition) is 4. The van der Waals surface area contributed by atoms with Crippen LogP contribution in [0.4, 0.5) is 8.78 Å². The Hall–Kier alpha value is -1.77. The van der Waals surface area contributed by atoms with Gasteiger partial charge in [0.2, 0.25) is 0 Å². The number of benzene rings is 1. The van der Waals surface area contributed by atoms with Crippen LogP contribution in [0.25, 0.3) is 5.69 Å². The maximum absolute atomic E-state index is 13.0. The minimum atomic E-state index is -3.11. The van der Waals surface area contributed by atoms with Crippen molar-refractivity contribution >= 4 is 30.7 Å². The predicted octanol–water partition coefficient (Wildman–Crippen LogP) is 1.43. The lowest BCUT2D eigenvalue weighted by Gasteiger charge is -2.14. The normalized spacial score (nSPS) is 10.3. The Morgan fingerprint density at radius 2 is 2.09 bits per heavy atom. The molecule has 1 aromatic heterocycles. The van der Waals surface area contributed by atoms with Crippen molar-refractivity contribution in [2.75, 3.05) is 13.1 Å². The van der Waals surface area contributed by atoms with E-state index < -0.39 is 24.9 Å². The first-order valence-corrected chi connectivity index (χ1v) is 5.83. The van der Waals surface area contributed by atoms with Crippen molar-refractivity contribution in [2.45, 2.75) is 5.92 Å². The largest absolute Gasteiger partial charge is 0.346 e. The van der Waals surface area contributed by atoms with Crippen LogP contribution in [0.2, 0.25) is 0 Å². The summed E-state index contributed by atoms with van der Waals surface area (Å²) in [7, 11) is 0. The third kappa shape index (κ3) is 5.21. The average molecular weight is 354 g/mol. The smallest absolute Gasteiger partial charge is 0.277 e. The number of nitrogens with zero attached hydrogens (tertiary/aromatic N) is 3. The van der Waals surface area contributed by atoms with Gasteiger partial charge in [-0.05, 0) is 18.2 Å². The Bertz CT molecular complexity index is 595. The van der Waals surface area contributed by atoms with Crippen molar-refractivity contribution in [3.05, 3.63) is 42.5 Å². The van der Waals surface area contributed by atoms with Crippen molar-refractivity contribution < 1.29 is 13.6 Å². The maximum Gasteiger partial charge on any atom is 0.277 e. The summed E-state index contributed by atoms with van der Waals surface area (Å²) in [5, 5.41) is 6.07. The van der Waals surface area contributed by atoms with Gasteiger partial charge in [0.05, 0.1) is 18.8 Å². The van der Waals surface area contributed by atoms with Crippen LogP contribution in [-0.2, 0) is 0 Å². The van der Waals surface area contributed by atoms with Crippen molar-refractivity contribution in [1.82, 2.24) is 20.1 Å². The van der Waals surface area contributed by atoms with Crippen LogP contribution in [0.3, 0.4) is 0 Å². The molecule has 0 bridgehead atoms. The summed E-state index contributed by atoms with van der Waals surface area (Å²) >= 11 is 0.